The van der Waals surface area contributed by atoms with Gasteiger partial charge in [0.05, 0.1) is 19.1 Å². The molecule has 0 radical (unpaired) electrons. The van der Waals surface area contributed by atoms with Gasteiger partial charge in [-0.15, -0.1) is 0 Å². The lowest BCUT2D eigenvalue weighted by atomic mass is 9.96. The third kappa shape index (κ3) is 3.59. The van der Waals surface area contributed by atoms with Crippen molar-refractivity contribution in [2.45, 2.75) is 25.9 Å². The number of hydrogen-bond donors (Lipinski definition) is 1. The molecule has 2 heterocycles. The monoisotopic (exact) mass is 304 g/mol. The van der Waals surface area contributed by atoms with Crippen LogP contribution in [0.3, 0.4) is 0 Å². The van der Waals surface area contributed by atoms with Gasteiger partial charge in [-0.2, -0.15) is 0 Å². The van der Waals surface area contributed by atoms with Crippen molar-refractivity contribution >= 4 is 5.91 Å². The first-order valence-corrected chi connectivity index (χ1v) is 8.07. The van der Waals surface area contributed by atoms with Gasteiger partial charge in [-0.25, -0.2) is 0 Å². The van der Waals surface area contributed by atoms with Crippen LogP contribution < -0.4 is 10.1 Å². The van der Waals surface area contributed by atoms with Crippen LogP contribution in [0, 0.1) is 5.92 Å². The number of carbonyl (C=O) groups excluding carboxylic acids is 1. The van der Waals surface area contributed by atoms with E-state index in [4.69, 9.17) is 9.47 Å². The molecule has 2 aliphatic heterocycles. The largest absolute Gasteiger partial charge is 0.494 e. The Morgan fingerprint density at radius 3 is 3.05 bits per heavy atom. The first-order valence-electron chi connectivity index (χ1n) is 8.07. The summed E-state index contributed by atoms with van der Waals surface area (Å²) in [5, 5.41) is 3.03. The Labute approximate surface area is 131 Å². The van der Waals surface area contributed by atoms with Gasteiger partial charge >= 0.3 is 0 Å². The SMILES string of the molecule is CCOc1cccc(CNC(=O)C2CN(C3CCOC3)C2)c1. The number of likely N-dealkylation sites (tertiary alicyclic amines) is 1. The third-order valence-corrected chi connectivity index (χ3v) is 4.38. The van der Waals surface area contributed by atoms with Gasteiger partial charge < -0.3 is 14.8 Å². The summed E-state index contributed by atoms with van der Waals surface area (Å²) in [6, 6.07) is 8.39. The lowest BCUT2D eigenvalue weighted by Gasteiger charge is -2.41. The van der Waals surface area contributed by atoms with Crippen LogP contribution in [0.4, 0.5) is 0 Å². The highest BCUT2D eigenvalue weighted by molar-refractivity contribution is 5.80. The van der Waals surface area contributed by atoms with E-state index in [-0.39, 0.29) is 11.8 Å². The van der Waals surface area contributed by atoms with E-state index >= 15 is 0 Å². The summed E-state index contributed by atoms with van der Waals surface area (Å²) in [4.78, 5) is 14.5. The number of nitrogens with zero attached hydrogens (tertiary/aromatic N) is 1. The molecule has 1 unspecified atom stereocenters. The number of nitrogens with one attached hydrogen (secondary N) is 1. The zero-order valence-corrected chi connectivity index (χ0v) is 13.1. The fraction of sp³-hybridized carbons (Fsp3) is 0.588. The van der Waals surface area contributed by atoms with E-state index in [1.165, 1.54) is 0 Å². The molecule has 0 saturated carbocycles. The van der Waals surface area contributed by atoms with Crippen LogP contribution in [-0.4, -0.2) is 49.8 Å². The topological polar surface area (TPSA) is 50.8 Å². The highest BCUT2D eigenvalue weighted by Gasteiger charge is 2.37. The maximum absolute atomic E-state index is 12.2. The van der Waals surface area contributed by atoms with E-state index in [2.05, 4.69) is 10.2 Å². The number of rotatable bonds is 6. The molecule has 0 bridgehead atoms. The summed E-state index contributed by atoms with van der Waals surface area (Å²) in [6.07, 6.45) is 1.10. The summed E-state index contributed by atoms with van der Waals surface area (Å²) < 4.78 is 10.9. The fourth-order valence-electron chi connectivity index (χ4n) is 3.03. The minimum Gasteiger partial charge on any atom is -0.494 e. The molecule has 5 heteroatoms. The smallest absolute Gasteiger partial charge is 0.225 e. The quantitative estimate of drug-likeness (QED) is 0.863. The number of carbonyl (C=O) groups is 1. The van der Waals surface area contributed by atoms with Crippen LogP contribution in [0.2, 0.25) is 0 Å². The van der Waals surface area contributed by atoms with Crippen molar-refractivity contribution in [1.82, 2.24) is 10.2 Å². The second-order valence-corrected chi connectivity index (χ2v) is 5.97. The molecule has 2 saturated heterocycles. The highest BCUT2D eigenvalue weighted by Crippen LogP contribution is 2.23. The Morgan fingerprint density at radius 1 is 1.45 bits per heavy atom. The molecule has 0 aliphatic carbocycles. The van der Waals surface area contributed by atoms with Crippen LogP contribution in [-0.2, 0) is 16.1 Å². The number of amides is 1. The molecule has 22 heavy (non-hydrogen) atoms. The van der Waals surface area contributed by atoms with Crippen LogP contribution in [0.1, 0.15) is 18.9 Å². The van der Waals surface area contributed by atoms with E-state index in [0.29, 0.717) is 19.2 Å². The predicted octanol–water partition coefficient (Wildman–Crippen LogP) is 1.42. The molecule has 0 spiro atoms. The van der Waals surface area contributed by atoms with Gasteiger partial charge in [0.15, 0.2) is 0 Å². The molecule has 120 valence electrons. The predicted molar refractivity (Wildman–Crippen MR) is 83.7 cm³/mol. The van der Waals surface area contributed by atoms with Gasteiger partial charge in [0.25, 0.3) is 0 Å². The van der Waals surface area contributed by atoms with Gasteiger partial charge in [-0.3, -0.25) is 9.69 Å². The van der Waals surface area contributed by atoms with E-state index in [1.54, 1.807) is 0 Å². The van der Waals surface area contributed by atoms with Gasteiger partial charge in [0, 0.05) is 32.3 Å². The van der Waals surface area contributed by atoms with E-state index in [9.17, 15) is 4.79 Å². The molecule has 1 N–H and O–H groups in total. The maximum atomic E-state index is 12.2. The van der Waals surface area contributed by atoms with Gasteiger partial charge in [0.1, 0.15) is 5.75 Å². The van der Waals surface area contributed by atoms with Crippen LogP contribution in [0.25, 0.3) is 0 Å². The van der Waals surface area contributed by atoms with Crippen LogP contribution >= 0.6 is 0 Å². The Balaban J connectivity index is 1.42. The number of hydrogen-bond acceptors (Lipinski definition) is 4. The normalized spacial score (nSPS) is 22.3. The molecule has 2 fully saturated rings. The van der Waals surface area contributed by atoms with Crippen molar-refractivity contribution in [2.24, 2.45) is 5.92 Å². The molecule has 1 aromatic rings. The summed E-state index contributed by atoms with van der Waals surface area (Å²) in [6.45, 7) is 6.57. The van der Waals surface area contributed by atoms with Crippen molar-refractivity contribution in [2.75, 3.05) is 32.9 Å². The van der Waals surface area contributed by atoms with Crippen molar-refractivity contribution in [3.8, 4) is 5.75 Å². The Bertz CT molecular complexity index is 508. The average Bonchev–Trinajstić information content (AvgIpc) is 2.98. The van der Waals surface area contributed by atoms with Crippen molar-refractivity contribution in [3.63, 3.8) is 0 Å². The first kappa shape index (κ1) is 15.3. The summed E-state index contributed by atoms with van der Waals surface area (Å²) in [7, 11) is 0. The molecule has 2 aliphatic rings. The Hall–Kier alpha value is -1.59. The molecular formula is C17H24N2O3. The standard InChI is InChI=1S/C17H24N2O3/c1-2-22-16-5-3-4-13(8-16)9-18-17(20)14-10-19(11-14)15-6-7-21-12-15/h3-5,8,14-15H,2,6-7,9-12H2,1H3,(H,18,20). The number of ether oxygens (including phenoxy) is 2. The Morgan fingerprint density at radius 2 is 2.32 bits per heavy atom. The third-order valence-electron chi connectivity index (χ3n) is 4.38. The Kier molecular flexibility index (Phi) is 4.95. The number of benzene rings is 1. The second-order valence-electron chi connectivity index (χ2n) is 5.97. The minimum absolute atomic E-state index is 0.121. The van der Waals surface area contributed by atoms with Gasteiger partial charge in [0.2, 0.25) is 5.91 Å². The lowest BCUT2D eigenvalue weighted by molar-refractivity contribution is -0.131. The molecule has 1 atom stereocenters. The molecule has 1 amide bonds. The first-order chi connectivity index (χ1) is 10.8. The van der Waals surface area contributed by atoms with E-state index < -0.39 is 0 Å². The van der Waals surface area contributed by atoms with Crippen molar-refractivity contribution < 1.29 is 14.3 Å². The molecular weight excluding hydrogens is 280 g/mol. The maximum Gasteiger partial charge on any atom is 0.225 e. The van der Waals surface area contributed by atoms with Crippen LogP contribution in [0.15, 0.2) is 24.3 Å². The van der Waals surface area contributed by atoms with Crippen molar-refractivity contribution in [3.05, 3.63) is 29.8 Å². The average molecular weight is 304 g/mol. The molecule has 3 rings (SSSR count). The zero-order chi connectivity index (χ0) is 15.4. The van der Waals surface area contributed by atoms with Crippen molar-refractivity contribution in [1.29, 1.82) is 0 Å². The fourth-order valence-corrected chi connectivity index (χ4v) is 3.03. The van der Waals surface area contributed by atoms with E-state index in [1.807, 2.05) is 31.2 Å². The van der Waals surface area contributed by atoms with Gasteiger partial charge in [-0.1, -0.05) is 12.1 Å². The zero-order valence-electron chi connectivity index (χ0n) is 13.1. The molecule has 5 nitrogen and oxygen atoms in total. The minimum atomic E-state index is 0.121. The van der Waals surface area contributed by atoms with Gasteiger partial charge in [-0.05, 0) is 31.0 Å². The molecule has 1 aromatic carbocycles. The summed E-state index contributed by atoms with van der Waals surface area (Å²) in [5.41, 5.74) is 1.07. The highest BCUT2D eigenvalue weighted by atomic mass is 16.5. The van der Waals surface area contributed by atoms with E-state index in [0.717, 1.165) is 44.0 Å². The summed E-state index contributed by atoms with van der Waals surface area (Å²) >= 11 is 0. The lowest BCUT2D eigenvalue weighted by Crippen LogP contribution is -2.57. The second kappa shape index (κ2) is 7.11. The molecule has 0 aromatic heterocycles. The summed E-state index contributed by atoms with van der Waals surface area (Å²) in [5.74, 6) is 1.12. The van der Waals surface area contributed by atoms with Crippen LogP contribution in [0.5, 0.6) is 5.75 Å².